The number of ether oxygens (including phenoxy) is 4. The summed E-state index contributed by atoms with van der Waals surface area (Å²) >= 11 is 0. The predicted octanol–water partition coefficient (Wildman–Crippen LogP) is 21.8. The number of aliphatic hydroxyl groups is 1. The lowest BCUT2D eigenvalue weighted by Gasteiger charge is -2.21. The molecule has 94 heavy (non-hydrogen) atoms. The molecule has 0 spiro atoms. The van der Waals surface area contributed by atoms with Gasteiger partial charge in [-0.3, -0.25) is 37.3 Å². The third-order valence-corrected chi connectivity index (χ3v) is 19.3. The molecular formula is C75H146O17P2. The smallest absolute Gasteiger partial charge is 0.462 e. The highest BCUT2D eigenvalue weighted by atomic mass is 31.2. The maximum atomic E-state index is 13.1. The van der Waals surface area contributed by atoms with Gasteiger partial charge in [0, 0.05) is 25.7 Å². The van der Waals surface area contributed by atoms with Crippen molar-refractivity contribution in [3.63, 3.8) is 0 Å². The van der Waals surface area contributed by atoms with Crippen LogP contribution < -0.4 is 0 Å². The molecule has 17 nitrogen and oxygen atoms in total. The number of phosphoric acid groups is 2. The van der Waals surface area contributed by atoms with Gasteiger partial charge in [-0.25, -0.2) is 9.13 Å². The van der Waals surface area contributed by atoms with Crippen molar-refractivity contribution in [2.24, 2.45) is 17.8 Å². The predicted molar refractivity (Wildman–Crippen MR) is 381 cm³/mol. The minimum atomic E-state index is -4.96. The minimum Gasteiger partial charge on any atom is -0.462 e. The van der Waals surface area contributed by atoms with E-state index in [4.69, 9.17) is 37.0 Å². The Morgan fingerprint density at radius 2 is 0.489 bits per heavy atom. The van der Waals surface area contributed by atoms with Crippen LogP contribution in [0.5, 0.6) is 0 Å². The highest BCUT2D eigenvalue weighted by Crippen LogP contribution is 2.45. The number of unbranched alkanes of at least 4 members (excludes halogenated alkanes) is 41. The molecule has 5 atom stereocenters. The number of aliphatic hydroxyl groups excluding tert-OH is 1. The number of hydrogen-bond acceptors (Lipinski definition) is 15. The molecule has 3 N–H and O–H groups in total. The highest BCUT2D eigenvalue weighted by Gasteiger charge is 2.30. The van der Waals surface area contributed by atoms with Crippen molar-refractivity contribution in [1.82, 2.24) is 0 Å². The van der Waals surface area contributed by atoms with E-state index in [0.29, 0.717) is 25.7 Å². The van der Waals surface area contributed by atoms with Gasteiger partial charge < -0.3 is 33.8 Å². The number of carbonyl (C=O) groups is 4. The minimum absolute atomic E-state index is 0.104. The zero-order valence-corrected chi connectivity index (χ0v) is 63.2. The Morgan fingerprint density at radius 3 is 0.723 bits per heavy atom. The quantitative estimate of drug-likeness (QED) is 0.0222. The van der Waals surface area contributed by atoms with Crippen molar-refractivity contribution in [2.75, 3.05) is 39.6 Å². The van der Waals surface area contributed by atoms with Crippen molar-refractivity contribution in [3.05, 3.63) is 0 Å². The monoisotopic (exact) mass is 1380 g/mol. The average molecular weight is 1380 g/mol. The number of hydrogen-bond donors (Lipinski definition) is 3. The lowest BCUT2D eigenvalue weighted by atomic mass is 10.0. The fourth-order valence-corrected chi connectivity index (χ4v) is 13.0. The van der Waals surface area contributed by atoms with Crippen LogP contribution in [-0.2, 0) is 65.4 Å². The molecule has 0 amide bonds. The van der Waals surface area contributed by atoms with Gasteiger partial charge in [0.25, 0.3) is 0 Å². The molecule has 0 aromatic heterocycles. The van der Waals surface area contributed by atoms with Gasteiger partial charge in [-0.15, -0.1) is 0 Å². The van der Waals surface area contributed by atoms with Crippen LogP contribution in [-0.4, -0.2) is 96.7 Å². The van der Waals surface area contributed by atoms with E-state index in [1.165, 1.54) is 193 Å². The zero-order chi connectivity index (χ0) is 69.4. The van der Waals surface area contributed by atoms with Crippen molar-refractivity contribution in [3.8, 4) is 0 Å². The van der Waals surface area contributed by atoms with E-state index in [9.17, 15) is 43.2 Å². The molecule has 0 rings (SSSR count). The van der Waals surface area contributed by atoms with Crippen molar-refractivity contribution >= 4 is 39.5 Å². The van der Waals surface area contributed by atoms with E-state index < -0.39 is 97.5 Å². The molecule has 0 saturated carbocycles. The van der Waals surface area contributed by atoms with Crippen LogP contribution in [0, 0.1) is 17.8 Å². The number of carbonyl (C=O) groups excluding carboxylic acids is 4. The van der Waals surface area contributed by atoms with Crippen LogP contribution in [0.1, 0.15) is 382 Å². The summed E-state index contributed by atoms with van der Waals surface area (Å²) in [7, 11) is -9.91. The summed E-state index contributed by atoms with van der Waals surface area (Å²) < 4.78 is 68.4. The van der Waals surface area contributed by atoms with Crippen molar-refractivity contribution in [2.45, 2.75) is 401 Å². The molecule has 0 aliphatic rings. The van der Waals surface area contributed by atoms with Crippen LogP contribution in [0.25, 0.3) is 0 Å². The molecule has 0 saturated heterocycles. The first kappa shape index (κ1) is 92.1. The van der Waals surface area contributed by atoms with Crippen molar-refractivity contribution < 1.29 is 80.2 Å². The third-order valence-electron chi connectivity index (χ3n) is 17.4. The van der Waals surface area contributed by atoms with E-state index >= 15 is 0 Å². The van der Waals surface area contributed by atoms with Crippen LogP contribution >= 0.6 is 15.6 Å². The van der Waals surface area contributed by atoms with Crippen LogP contribution in [0.4, 0.5) is 0 Å². The molecule has 0 aliphatic heterocycles. The molecule has 19 heteroatoms. The normalized spacial score (nSPS) is 14.1. The molecule has 0 fully saturated rings. The fraction of sp³-hybridized carbons (Fsp3) is 0.947. The molecule has 2 unspecified atom stereocenters. The first-order chi connectivity index (χ1) is 45.2. The molecule has 0 aliphatic carbocycles. The molecule has 0 radical (unpaired) electrons. The van der Waals surface area contributed by atoms with Crippen LogP contribution in [0.2, 0.25) is 0 Å². The molecular weight excluding hydrogens is 1230 g/mol. The van der Waals surface area contributed by atoms with E-state index in [1.807, 2.05) is 0 Å². The summed E-state index contributed by atoms with van der Waals surface area (Å²) in [4.78, 5) is 72.7. The SMILES string of the molecule is CCCCCCCCCCCC(=O)OC[C@H](COP(=O)(O)OC[C@H](O)COP(=O)(O)OC[C@@H](COC(=O)CCCCCCCCCCCCCCC(C)C)OC(=O)CCCCCCCCCCCCCCCCCCC(C)C)OC(=O)CCCCCCCCCCC(C)C. The maximum Gasteiger partial charge on any atom is 0.472 e. The highest BCUT2D eigenvalue weighted by molar-refractivity contribution is 7.47. The first-order valence-corrected chi connectivity index (χ1v) is 41.8. The average Bonchev–Trinajstić information content (AvgIpc) is 1.66. The van der Waals surface area contributed by atoms with E-state index in [0.717, 1.165) is 108 Å². The first-order valence-electron chi connectivity index (χ1n) is 38.8. The Morgan fingerprint density at radius 1 is 0.287 bits per heavy atom. The molecule has 0 bridgehead atoms. The summed E-state index contributed by atoms with van der Waals surface area (Å²) in [6, 6.07) is 0. The van der Waals surface area contributed by atoms with Crippen molar-refractivity contribution in [1.29, 1.82) is 0 Å². The van der Waals surface area contributed by atoms with Gasteiger partial charge in [-0.1, -0.05) is 331 Å². The number of rotatable bonds is 73. The summed E-state index contributed by atoms with van der Waals surface area (Å²) in [6.45, 7) is 11.9. The van der Waals surface area contributed by atoms with Gasteiger partial charge in [0.1, 0.15) is 19.3 Å². The van der Waals surface area contributed by atoms with Gasteiger partial charge in [-0.05, 0) is 43.4 Å². The Labute approximate surface area is 575 Å². The van der Waals surface area contributed by atoms with Gasteiger partial charge in [0.15, 0.2) is 12.2 Å². The standard InChI is InChI=1S/C75H146O17P2/c1-8-9-10-11-12-25-35-42-49-56-72(77)85-62-71(92-75(80)59-52-45-38-31-30-34-41-48-55-68(6)7)65-90-94(83,84)88-61-69(76)60-87-93(81,82)89-64-70(63-86-73(78)57-50-43-36-28-23-20-19-22-27-33-40-47-54-67(4)5)91-74(79)58-51-44-37-29-24-18-16-14-13-15-17-21-26-32-39-46-53-66(2)3/h66-71,76H,8-65H2,1-7H3,(H,81,82)(H,83,84)/t69-,70-,71-/m1/s1. The molecule has 0 aromatic rings. The largest absolute Gasteiger partial charge is 0.472 e. The topological polar surface area (TPSA) is 237 Å². The second-order valence-corrected chi connectivity index (χ2v) is 31.4. The molecule has 0 aromatic carbocycles. The van der Waals surface area contributed by atoms with E-state index in [-0.39, 0.29) is 25.7 Å². The summed E-state index contributed by atoms with van der Waals surface area (Å²) in [6.07, 6.45) is 51.4. The number of esters is 4. The Hall–Kier alpha value is -1.94. The lowest BCUT2D eigenvalue weighted by Crippen LogP contribution is -2.30. The third kappa shape index (κ3) is 68.6. The van der Waals surface area contributed by atoms with E-state index in [2.05, 4.69) is 48.5 Å². The van der Waals surface area contributed by atoms with Crippen LogP contribution in [0.3, 0.4) is 0 Å². The molecule has 0 heterocycles. The van der Waals surface area contributed by atoms with Gasteiger partial charge >= 0.3 is 39.5 Å². The fourth-order valence-electron chi connectivity index (χ4n) is 11.4. The lowest BCUT2D eigenvalue weighted by molar-refractivity contribution is -0.161. The Bertz CT molecular complexity index is 1840. The van der Waals surface area contributed by atoms with Gasteiger partial charge in [-0.2, -0.15) is 0 Å². The summed E-state index contributed by atoms with van der Waals surface area (Å²) in [5.74, 6) is 0.188. The number of phosphoric ester groups is 2. The van der Waals surface area contributed by atoms with Crippen LogP contribution in [0.15, 0.2) is 0 Å². The zero-order valence-electron chi connectivity index (χ0n) is 61.4. The Kier molecular flexibility index (Phi) is 64.3. The Balaban J connectivity index is 5.22. The summed E-state index contributed by atoms with van der Waals surface area (Å²) in [5, 5.41) is 10.6. The second kappa shape index (κ2) is 65.7. The van der Waals surface area contributed by atoms with Gasteiger partial charge in [0.2, 0.25) is 0 Å². The maximum absolute atomic E-state index is 13.1. The summed E-state index contributed by atoms with van der Waals surface area (Å²) in [5.41, 5.74) is 0. The second-order valence-electron chi connectivity index (χ2n) is 28.5. The molecule has 558 valence electrons. The van der Waals surface area contributed by atoms with E-state index in [1.54, 1.807) is 0 Å². The van der Waals surface area contributed by atoms with Gasteiger partial charge in [0.05, 0.1) is 26.4 Å².